The molecule has 1 aliphatic rings. The van der Waals surface area contributed by atoms with Gasteiger partial charge in [0.05, 0.1) is 26.3 Å². The Labute approximate surface area is 158 Å². The molecule has 2 heterocycles. The van der Waals surface area contributed by atoms with E-state index in [0.717, 1.165) is 46.2 Å². The summed E-state index contributed by atoms with van der Waals surface area (Å²) in [4.78, 5) is 19.2. The van der Waals surface area contributed by atoms with Crippen molar-refractivity contribution in [2.75, 3.05) is 25.7 Å². The number of carbonyl (C=O) groups is 1. The van der Waals surface area contributed by atoms with Crippen LogP contribution in [0.3, 0.4) is 0 Å². The normalized spacial score (nSPS) is 13.3. The van der Waals surface area contributed by atoms with Crippen molar-refractivity contribution in [1.82, 2.24) is 4.98 Å². The van der Waals surface area contributed by atoms with E-state index in [1.165, 1.54) is 0 Å². The van der Waals surface area contributed by atoms with Crippen LogP contribution in [0.15, 0.2) is 48.8 Å². The highest BCUT2D eigenvalue weighted by Crippen LogP contribution is 2.38. The zero-order chi connectivity index (χ0) is 18.8. The van der Waals surface area contributed by atoms with Gasteiger partial charge in [-0.2, -0.15) is 0 Å². The molecule has 0 saturated heterocycles. The highest BCUT2D eigenvalue weighted by molar-refractivity contribution is 5.99. The number of aromatic nitrogens is 1. The number of rotatable bonds is 4. The molecule has 0 atom stereocenters. The summed E-state index contributed by atoms with van der Waals surface area (Å²) in [6.45, 7) is 0.703. The first-order valence-electron chi connectivity index (χ1n) is 9.08. The highest BCUT2D eigenvalue weighted by atomic mass is 16.5. The summed E-state index contributed by atoms with van der Waals surface area (Å²) >= 11 is 0. The summed E-state index contributed by atoms with van der Waals surface area (Å²) in [7, 11) is 3.28. The summed E-state index contributed by atoms with van der Waals surface area (Å²) < 4.78 is 10.9. The predicted molar refractivity (Wildman–Crippen MR) is 106 cm³/mol. The van der Waals surface area contributed by atoms with Crippen LogP contribution in [0.2, 0.25) is 0 Å². The van der Waals surface area contributed by atoms with Crippen molar-refractivity contribution in [2.45, 2.75) is 19.3 Å². The molecule has 4 rings (SSSR count). The molecule has 1 aliphatic heterocycles. The summed E-state index contributed by atoms with van der Waals surface area (Å²) in [5, 5.41) is 2.12. The first-order valence-corrected chi connectivity index (χ1v) is 9.08. The van der Waals surface area contributed by atoms with Gasteiger partial charge in [0, 0.05) is 42.0 Å². The molecule has 0 unspecified atom stereocenters. The SMILES string of the molecule is COc1cc(OC)c2c(c1)N(C(=O)Cc1cccc3cnccc13)CCC2. The lowest BCUT2D eigenvalue weighted by molar-refractivity contribution is -0.118. The number of amides is 1. The van der Waals surface area contributed by atoms with Crippen LogP contribution in [-0.2, 0) is 17.6 Å². The monoisotopic (exact) mass is 362 g/mol. The Morgan fingerprint density at radius 1 is 1.19 bits per heavy atom. The van der Waals surface area contributed by atoms with Gasteiger partial charge in [0.25, 0.3) is 0 Å². The van der Waals surface area contributed by atoms with Crippen molar-refractivity contribution < 1.29 is 14.3 Å². The molecular formula is C22H22N2O3. The van der Waals surface area contributed by atoms with Crippen LogP contribution in [0.25, 0.3) is 10.8 Å². The Hall–Kier alpha value is -3.08. The second-order valence-corrected chi connectivity index (χ2v) is 6.67. The van der Waals surface area contributed by atoms with Gasteiger partial charge in [-0.1, -0.05) is 18.2 Å². The van der Waals surface area contributed by atoms with E-state index in [1.54, 1.807) is 20.4 Å². The zero-order valence-electron chi connectivity index (χ0n) is 15.6. The van der Waals surface area contributed by atoms with E-state index in [9.17, 15) is 4.79 Å². The molecule has 0 spiro atoms. The molecule has 1 amide bonds. The van der Waals surface area contributed by atoms with Crippen molar-refractivity contribution in [2.24, 2.45) is 0 Å². The number of ether oxygens (including phenoxy) is 2. The number of pyridine rings is 1. The maximum atomic E-state index is 13.2. The first-order chi connectivity index (χ1) is 13.2. The number of methoxy groups -OCH3 is 2. The third kappa shape index (κ3) is 3.21. The number of hydrogen-bond acceptors (Lipinski definition) is 4. The Bertz CT molecular complexity index is 995. The second kappa shape index (κ2) is 7.27. The topological polar surface area (TPSA) is 51.7 Å². The third-order valence-corrected chi connectivity index (χ3v) is 5.13. The zero-order valence-corrected chi connectivity index (χ0v) is 15.6. The van der Waals surface area contributed by atoms with Crippen LogP contribution in [0.5, 0.6) is 11.5 Å². The number of anilines is 1. The molecule has 138 valence electrons. The molecule has 0 saturated carbocycles. The van der Waals surface area contributed by atoms with E-state index in [0.29, 0.717) is 18.7 Å². The van der Waals surface area contributed by atoms with Crippen LogP contribution in [-0.4, -0.2) is 31.7 Å². The van der Waals surface area contributed by atoms with E-state index in [2.05, 4.69) is 4.98 Å². The molecule has 0 N–H and O–H groups in total. The number of fused-ring (bicyclic) bond motifs is 2. The van der Waals surface area contributed by atoms with Crippen molar-refractivity contribution in [3.05, 3.63) is 59.9 Å². The Morgan fingerprint density at radius 2 is 2.07 bits per heavy atom. The quantitative estimate of drug-likeness (QED) is 0.709. The lowest BCUT2D eigenvalue weighted by Gasteiger charge is -2.31. The van der Waals surface area contributed by atoms with E-state index < -0.39 is 0 Å². The van der Waals surface area contributed by atoms with Gasteiger partial charge in [0.2, 0.25) is 5.91 Å². The average Bonchev–Trinajstić information content (AvgIpc) is 2.72. The maximum Gasteiger partial charge on any atom is 0.231 e. The van der Waals surface area contributed by atoms with Gasteiger partial charge in [-0.15, -0.1) is 0 Å². The largest absolute Gasteiger partial charge is 0.497 e. The summed E-state index contributed by atoms with van der Waals surface area (Å²) in [5.41, 5.74) is 2.98. The van der Waals surface area contributed by atoms with Crippen molar-refractivity contribution in [3.63, 3.8) is 0 Å². The third-order valence-electron chi connectivity index (χ3n) is 5.13. The summed E-state index contributed by atoms with van der Waals surface area (Å²) in [6, 6.07) is 11.8. The molecule has 3 aromatic rings. The van der Waals surface area contributed by atoms with Crippen molar-refractivity contribution in [3.8, 4) is 11.5 Å². The minimum atomic E-state index is 0.0792. The molecule has 0 fully saturated rings. The molecule has 1 aromatic heterocycles. The lowest BCUT2D eigenvalue weighted by atomic mass is 9.98. The number of hydrogen-bond donors (Lipinski definition) is 0. The first kappa shape index (κ1) is 17.3. The standard InChI is InChI=1S/C22H22N2O3/c1-26-17-12-20-19(21(13-17)27-2)7-4-10-24(20)22(25)11-15-5-3-6-16-14-23-9-8-18(15)16/h3,5-6,8-9,12-14H,4,7,10-11H2,1-2H3. The van der Waals surface area contributed by atoms with Gasteiger partial charge < -0.3 is 14.4 Å². The van der Waals surface area contributed by atoms with Crippen LogP contribution in [0, 0.1) is 0 Å². The van der Waals surface area contributed by atoms with Gasteiger partial charge in [-0.05, 0) is 29.9 Å². The van der Waals surface area contributed by atoms with E-state index in [-0.39, 0.29) is 5.91 Å². The van der Waals surface area contributed by atoms with E-state index >= 15 is 0 Å². The van der Waals surface area contributed by atoms with E-state index in [1.807, 2.05) is 47.5 Å². The molecule has 5 nitrogen and oxygen atoms in total. The fraction of sp³-hybridized carbons (Fsp3) is 0.273. The lowest BCUT2D eigenvalue weighted by Crippen LogP contribution is -2.36. The molecule has 2 aromatic carbocycles. The molecular weight excluding hydrogens is 340 g/mol. The predicted octanol–water partition coefficient (Wildman–Crippen LogP) is 3.77. The molecule has 0 bridgehead atoms. The Morgan fingerprint density at radius 3 is 2.89 bits per heavy atom. The van der Waals surface area contributed by atoms with Gasteiger partial charge in [-0.3, -0.25) is 9.78 Å². The fourth-order valence-corrected chi connectivity index (χ4v) is 3.79. The summed E-state index contributed by atoms with van der Waals surface area (Å²) in [5.74, 6) is 1.55. The molecule has 5 heteroatoms. The number of carbonyl (C=O) groups excluding carboxylic acids is 1. The fourth-order valence-electron chi connectivity index (χ4n) is 3.79. The van der Waals surface area contributed by atoms with Gasteiger partial charge in [-0.25, -0.2) is 0 Å². The highest BCUT2D eigenvalue weighted by Gasteiger charge is 2.26. The molecule has 0 radical (unpaired) electrons. The van der Waals surface area contributed by atoms with Crippen LogP contribution < -0.4 is 14.4 Å². The second-order valence-electron chi connectivity index (χ2n) is 6.67. The summed E-state index contributed by atoms with van der Waals surface area (Å²) in [6.07, 6.45) is 5.75. The maximum absolute atomic E-state index is 13.2. The average molecular weight is 362 g/mol. The minimum absolute atomic E-state index is 0.0792. The molecule has 27 heavy (non-hydrogen) atoms. The Balaban J connectivity index is 1.70. The van der Waals surface area contributed by atoms with Gasteiger partial charge in [0.15, 0.2) is 0 Å². The van der Waals surface area contributed by atoms with Crippen LogP contribution in [0.1, 0.15) is 17.5 Å². The number of nitrogens with zero attached hydrogens (tertiary/aromatic N) is 2. The van der Waals surface area contributed by atoms with Crippen LogP contribution >= 0.6 is 0 Å². The van der Waals surface area contributed by atoms with Gasteiger partial charge >= 0.3 is 0 Å². The molecule has 0 aliphatic carbocycles. The van der Waals surface area contributed by atoms with Gasteiger partial charge in [0.1, 0.15) is 11.5 Å². The van der Waals surface area contributed by atoms with Crippen LogP contribution in [0.4, 0.5) is 5.69 Å². The number of benzene rings is 2. The van der Waals surface area contributed by atoms with E-state index in [4.69, 9.17) is 9.47 Å². The smallest absolute Gasteiger partial charge is 0.231 e. The van der Waals surface area contributed by atoms with Crippen molar-refractivity contribution in [1.29, 1.82) is 0 Å². The van der Waals surface area contributed by atoms with Crippen molar-refractivity contribution >= 4 is 22.4 Å². The minimum Gasteiger partial charge on any atom is -0.497 e. The Kier molecular flexibility index (Phi) is 4.67.